The van der Waals surface area contributed by atoms with Crippen molar-refractivity contribution in [3.8, 4) is 0 Å². The lowest BCUT2D eigenvalue weighted by atomic mass is 10.1. The molecule has 0 amide bonds. The molecule has 15 heavy (non-hydrogen) atoms. The number of aryl methyl sites for hydroxylation is 2. The molecule has 0 aliphatic heterocycles. The van der Waals surface area contributed by atoms with Gasteiger partial charge in [-0.2, -0.15) is 0 Å². The predicted octanol–water partition coefficient (Wildman–Crippen LogP) is 2.80. The number of hydrogen-bond donors (Lipinski definition) is 1. The van der Waals surface area contributed by atoms with Gasteiger partial charge in [0.1, 0.15) is 5.82 Å². The highest BCUT2D eigenvalue weighted by molar-refractivity contribution is 5.30. The van der Waals surface area contributed by atoms with E-state index in [9.17, 15) is 13.2 Å². The van der Waals surface area contributed by atoms with E-state index in [-0.39, 0.29) is 12.4 Å². The second-order valence-electron chi connectivity index (χ2n) is 3.57. The minimum absolute atomic E-state index is 0.229. The molecular weight excluding hydrogens is 203 g/mol. The molecule has 0 aliphatic carbocycles. The van der Waals surface area contributed by atoms with Gasteiger partial charge in [0.05, 0.1) is 6.54 Å². The number of benzene rings is 1. The summed E-state index contributed by atoms with van der Waals surface area (Å²) in [5.41, 5.74) is 1.92. The summed E-state index contributed by atoms with van der Waals surface area (Å²) >= 11 is 0. The number of nitrogens with one attached hydrogen (secondary N) is 1. The van der Waals surface area contributed by atoms with Crippen molar-refractivity contribution in [2.75, 3.05) is 6.54 Å². The van der Waals surface area contributed by atoms with Gasteiger partial charge < -0.3 is 5.32 Å². The maximum absolute atomic E-state index is 13.2. The molecule has 1 N–H and O–H groups in total. The SMILES string of the molecule is Cc1cc(CNCC(F)F)cc(C)c1F. The third kappa shape index (κ3) is 3.55. The molecule has 1 rings (SSSR count). The van der Waals surface area contributed by atoms with Gasteiger partial charge in [0.15, 0.2) is 0 Å². The molecule has 1 aromatic rings. The van der Waals surface area contributed by atoms with Gasteiger partial charge >= 0.3 is 0 Å². The maximum atomic E-state index is 13.2. The van der Waals surface area contributed by atoms with Crippen molar-refractivity contribution in [2.24, 2.45) is 0 Å². The predicted molar refractivity (Wildman–Crippen MR) is 53.6 cm³/mol. The van der Waals surface area contributed by atoms with Crippen molar-refractivity contribution in [3.63, 3.8) is 0 Å². The van der Waals surface area contributed by atoms with E-state index in [2.05, 4.69) is 5.32 Å². The first-order valence-corrected chi connectivity index (χ1v) is 4.75. The molecular formula is C11H14F3N. The highest BCUT2D eigenvalue weighted by atomic mass is 19.3. The summed E-state index contributed by atoms with van der Waals surface area (Å²) in [6.07, 6.45) is -2.35. The molecule has 0 saturated carbocycles. The molecule has 0 aliphatic rings. The first kappa shape index (κ1) is 12.0. The zero-order valence-corrected chi connectivity index (χ0v) is 8.78. The smallest absolute Gasteiger partial charge is 0.250 e. The molecule has 0 aromatic heterocycles. The Bertz CT molecular complexity index is 314. The van der Waals surface area contributed by atoms with E-state index >= 15 is 0 Å². The average molecular weight is 217 g/mol. The molecule has 1 nitrogen and oxygen atoms in total. The van der Waals surface area contributed by atoms with Crippen LogP contribution in [0.2, 0.25) is 0 Å². The quantitative estimate of drug-likeness (QED) is 0.817. The minimum atomic E-state index is -2.35. The van der Waals surface area contributed by atoms with E-state index < -0.39 is 6.43 Å². The van der Waals surface area contributed by atoms with Crippen LogP contribution in [0.1, 0.15) is 16.7 Å². The second kappa shape index (κ2) is 5.16. The molecule has 1 aromatic carbocycles. The summed E-state index contributed by atoms with van der Waals surface area (Å²) in [4.78, 5) is 0. The van der Waals surface area contributed by atoms with Crippen molar-refractivity contribution in [3.05, 3.63) is 34.6 Å². The normalized spacial score (nSPS) is 11.1. The summed E-state index contributed by atoms with van der Waals surface area (Å²) in [5, 5.41) is 2.60. The fourth-order valence-corrected chi connectivity index (χ4v) is 1.46. The summed E-state index contributed by atoms with van der Waals surface area (Å²) < 4.78 is 36.9. The van der Waals surface area contributed by atoms with E-state index in [0.717, 1.165) is 5.56 Å². The summed E-state index contributed by atoms with van der Waals surface area (Å²) in [7, 11) is 0. The largest absolute Gasteiger partial charge is 0.307 e. The fraction of sp³-hybridized carbons (Fsp3) is 0.455. The van der Waals surface area contributed by atoms with Crippen LogP contribution in [0.5, 0.6) is 0 Å². The van der Waals surface area contributed by atoms with E-state index in [0.29, 0.717) is 17.7 Å². The van der Waals surface area contributed by atoms with Crippen molar-refractivity contribution < 1.29 is 13.2 Å². The third-order valence-corrected chi connectivity index (χ3v) is 2.12. The number of halogens is 3. The monoisotopic (exact) mass is 217 g/mol. The zero-order valence-electron chi connectivity index (χ0n) is 8.78. The molecule has 0 atom stereocenters. The minimum Gasteiger partial charge on any atom is -0.307 e. The maximum Gasteiger partial charge on any atom is 0.250 e. The molecule has 0 fully saturated rings. The Hall–Kier alpha value is -1.03. The van der Waals surface area contributed by atoms with Gasteiger partial charge in [0.2, 0.25) is 0 Å². The van der Waals surface area contributed by atoms with Crippen LogP contribution < -0.4 is 5.32 Å². The Morgan fingerprint density at radius 3 is 2.20 bits per heavy atom. The topological polar surface area (TPSA) is 12.0 Å². The molecule has 0 saturated heterocycles. The van der Waals surface area contributed by atoms with Crippen LogP contribution in [0.15, 0.2) is 12.1 Å². The van der Waals surface area contributed by atoms with Gasteiger partial charge in [-0.1, -0.05) is 12.1 Å². The van der Waals surface area contributed by atoms with Crippen molar-refractivity contribution in [2.45, 2.75) is 26.8 Å². The third-order valence-electron chi connectivity index (χ3n) is 2.12. The lowest BCUT2D eigenvalue weighted by Crippen LogP contribution is -2.20. The molecule has 0 bridgehead atoms. The highest BCUT2D eigenvalue weighted by Crippen LogP contribution is 2.14. The van der Waals surface area contributed by atoms with Gasteiger partial charge in [0.25, 0.3) is 6.43 Å². The lowest BCUT2D eigenvalue weighted by molar-refractivity contribution is 0.145. The Labute approximate surface area is 87.3 Å². The van der Waals surface area contributed by atoms with E-state index in [1.54, 1.807) is 26.0 Å². The van der Waals surface area contributed by atoms with Gasteiger partial charge in [-0.05, 0) is 30.5 Å². The summed E-state index contributed by atoms with van der Waals surface area (Å²) in [6.45, 7) is 3.33. The van der Waals surface area contributed by atoms with Gasteiger partial charge in [-0.15, -0.1) is 0 Å². The summed E-state index contributed by atoms with van der Waals surface area (Å²) in [5.74, 6) is -0.229. The summed E-state index contributed by atoms with van der Waals surface area (Å²) in [6, 6.07) is 3.33. The van der Waals surface area contributed by atoms with Crippen LogP contribution in [0.3, 0.4) is 0 Å². The van der Waals surface area contributed by atoms with Crippen LogP contribution in [-0.2, 0) is 6.54 Å². The zero-order chi connectivity index (χ0) is 11.4. The molecule has 0 spiro atoms. The highest BCUT2D eigenvalue weighted by Gasteiger charge is 2.05. The standard InChI is InChI=1S/C11H14F3N/c1-7-3-9(4-8(2)11(7)14)5-15-6-10(12)13/h3-4,10,15H,5-6H2,1-2H3. The van der Waals surface area contributed by atoms with E-state index in [4.69, 9.17) is 0 Å². The Morgan fingerprint density at radius 2 is 1.73 bits per heavy atom. The van der Waals surface area contributed by atoms with Crippen LogP contribution in [0, 0.1) is 19.7 Å². The lowest BCUT2D eigenvalue weighted by Gasteiger charge is -2.07. The van der Waals surface area contributed by atoms with Gasteiger partial charge in [-0.3, -0.25) is 0 Å². The van der Waals surface area contributed by atoms with Gasteiger partial charge in [-0.25, -0.2) is 13.2 Å². The van der Waals surface area contributed by atoms with Gasteiger partial charge in [0, 0.05) is 6.54 Å². The first-order chi connectivity index (χ1) is 7.00. The van der Waals surface area contributed by atoms with Crippen LogP contribution >= 0.6 is 0 Å². The number of hydrogen-bond acceptors (Lipinski definition) is 1. The van der Waals surface area contributed by atoms with Crippen molar-refractivity contribution in [1.82, 2.24) is 5.32 Å². The van der Waals surface area contributed by atoms with Crippen molar-refractivity contribution >= 4 is 0 Å². The molecule has 0 heterocycles. The van der Waals surface area contributed by atoms with Crippen LogP contribution in [0.25, 0.3) is 0 Å². The number of alkyl halides is 2. The molecule has 0 radical (unpaired) electrons. The fourth-order valence-electron chi connectivity index (χ4n) is 1.46. The van der Waals surface area contributed by atoms with Crippen molar-refractivity contribution in [1.29, 1.82) is 0 Å². The molecule has 4 heteroatoms. The first-order valence-electron chi connectivity index (χ1n) is 4.75. The Balaban J connectivity index is 2.63. The van der Waals surface area contributed by atoms with Crippen LogP contribution in [-0.4, -0.2) is 13.0 Å². The number of rotatable bonds is 4. The molecule has 0 unspecified atom stereocenters. The second-order valence-corrected chi connectivity index (χ2v) is 3.57. The Kier molecular flexibility index (Phi) is 4.15. The molecule has 84 valence electrons. The Morgan fingerprint density at radius 1 is 1.20 bits per heavy atom. The van der Waals surface area contributed by atoms with Crippen LogP contribution in [0.4, 0.5) is 13.2 Å². The van der Waals surface area contributed by atoms with E-state index in [1.807, 2.05) is 0 Å². The average Bonchev–Trinajstić information content (AvgIpc) is 2.13. The van der Waals surface area contributed by atoms with E-state index in [1.165, 1.54) is 0 Å².